The molecule has 0 aliphatic rings. The Morgan fingerprint density at radius 3 is 2.62 bits per heavy atom. The van der Waals surface area contributed by atoms with Crippen LogP contribution in [0.5, 0.6) is 0 Å². The highest BCUT2D eigenvalue weighted by Crippen LogP contribution is 2.37. The van der Waals surface area contributed by atoms with E-state index in [2.05, 4.69) is 38.8 Å². The summed E-state index contributed by atoms with van der Waals surface area (Å²) in [5.41, 5.74) is 6.19. The molecule has 4 aromatic heterocycles. The molecule has 4 heterocycles. The predicted octanol–water partition coefficient (Wildman–Crippen LogP) is 5.69. The highest BCUT2D eigenvalue weighted by molar-refractivity contribution is 6.08. The predicted molar refractivity (Wildman–Crippen MR) is 114 cm³/mol. The van der Waals surface area contributed by atoms with Gasteiger partial charge in [0.1, 0.15) is 16.9 Å². The van der Waals surface area contributed by atoms with Crippen LogP contribution < -0.4 is 0 Å². The van der Waals surface area contributed by atoms with Crippen LogP contribution in [0, 0.1) is 6.92 Å². The Balaban J connectivity index is 1.73. The average Bonchev–Trinajstić information content (AvgIpc) is 3.32. The second-order valence-corrected chi connectivity index (χ2v) is 7.06. The average molecular weight is 376 g/mol. The van der Waals surface area contributed by atoms with Crippen molar-refractivity contribution in [3.05, 3.63) is 84.8 Å². The van der Waals surface area contributed by atoms with E-state index in [1.54, 1.807) is 12.4 Å². The van der Waals surface area contributed by atoms with Gasteiger partial charge < -0.3 is 4.42 Å². The summed E-state index contributed by atoms with van der Waals surface area (Å²) in [7, 11) is 0. The third-order valence-electron chi connectivity index (χ3n) is 5.22. The second-order valence-electron chi connectivity index (χ2n) is 7.06. The number of benzene rings is 2. The molecule has 6 rings (SSSR count). The summed E-state index contributed by atoms with van der Waals surface area (Å²) in [6.45, 7) is 1.97. The van der Waals surface area contributed by atoms with Gasteiger partial charge in [0.15, 0.2) is 0 Å². The van der Waals surface area contributed by atoms with Crippen LogP contribution in [0.4, 0.5) is 0 Å². The Morgan fingerprint density at radius 1 is 0.828 bits per heavy atom. The van der Waals surface area contributed by atoms with Crippen molar-refractivity contribution < 1.29 is 4.42 Å². The Labute approximate surface area is 166 Å². The molecule has 0 spiro atoms. The molecule has 0 aliphatic heterocycles. The van der Waals surface area contributed by atoms with Crippen molar-refractivity contribution in [2.24, 2.45) is 0 Å². The molecule has 0 unspecified atom stereocenters. The minimum atomic E-state index is 0.650. The lowest BCUT2D eigenvalue weighted by Gasteiger charge is -2.09. The minimum absolute atomic E-state index is 0.650. The fourth-order valence-corrected chi connectivity index (χ4v) is 3.90. The number of nitrogens with zero attached hydrogens (tertiary/aromatic N) is 4. The molecule has 0 bridgehead atoms. The van der Waals surface area contributed by atoms with Crippen molar-refractivity contribution >= 4 is 33.1 Å². The largest absolute Gasteiger partial charge is 0.437 e. The summed E-state index contributed by atoms with van der Waals surface area (Å²) in [5.74, 6) is 0.820. The van der Waals surface area contributed by atoms with E-state index in [0.29, 0.717) is 5.71 Å². The van der Waals surface area contributed by atoms with Crippen molar-refractivity contribution in [2.45, 2.75) is 6.92 Å². The number of aryl methyl sites for hydroxylation is 1. The van der Waals surface area contributed by atoms with Gasteiger partial charge in [-0.1, -0.05) is 30.3 Å². The molecule has 29 heavy (non-hydrogen) atoms. The van der Waals surface area contributed by atoms with Crippen LogP contribution in [0.25, 0.3) is 50.2 Å². The maximum absolute atomic E-state index is 6.23. The molecule has 0 radical (unpaired) electrons. The normalized spacial score (nSPS) is 11.6. The van der Waals surface area contributed by atoms with Gasteiger partial charge in [-0.15, -0.1) is 0 Å². The first-order chi connectivity index (χ1) is 14.3. The molecule has 0 fully saturated rings. The maximum Gasteiger partial charge on any atom is 0.227 e. The smallest absolute Gasteiger partial charge is 0.227 e. The summed E-state index contributed by atoms with van der Waals surface area (Å²) in [4.78, 5) is 13.7. The van der Waals surface area contributed by atoms with E-state index in [0.717, 1.165) is 50.2 Å². The maximum atomic E-state index is 6.23. The Hall–Kier alpha value is -3.99. The molecule has 6 aromatic rings. The summed E-state index contributed by atoms with van der Waals surface area (Å²) in [6.07, 6.45) is 3.59. The number of imidazole rings is 1. The number of rotatable bonds is 2. The zero-order chi connectivity index (χ0) is 19.4. The molecule has 0 saturated carbocycles. The molecular weight excluding hydrogens is 360 g/mol. The minimum Gasteiger partial charge on any atom is -0.437 e. The molecule has 138 valence electrons. The molecule has 0 aliphatic carbocycles. The first-order valence-corrected chi connectivity index (χ1v) is 9.47. The highest BCUT2D eigenvalue weighted by atomic mass is 16.3. The number of pyridine rings is 2. The molecule has 5 nitrogen and oxygen atoms in total. The van der Waals surface area contributed by atoms with Crippen LogP contribution >= 0.6 is 0 Å². The lowest BCUT2D eigenvalue weighted by Crippen LogP contribution is -1.97. The molecule has 0 N–H and O–H groups in total. The van der Waals surface area contributed by atoms with E-state index in [-0.39, 0.29) is 0 Å². The number of hydrogen-bond donors (Lipinski definition) is 0. The SMILES string of the molecule is Cc1ccc2c(n1)oc1c(-c3nc4cnccc4n3-c3ccccc3)cccc12. The summed E-state index contributed by atoms with van der Waals surface area (Å²) >= 11 is 0. The summed E-state index contributed by atoms with van der Waals surface area (Å²) in [6, 6.07) is 22.4. The van der Waals surface area contributed by atoms with Crippen LogP contribution in [0.15, 0.2) is 83.5 Å². The quantitative estimate of drug-likeness (QED) is 0.389. The van der Waals surface area contributed by atoms with E-state index in [9.17, 15) is 0 Å². The van der Waals surface area contributed by atoms with Gasteiger partial charge in [0.25, 0.3) is 0 Å². The number of fused-ring (bicyclic) bond motifs is 4. The number of hydrogen-bond acceptors (Lipinski definition) is 4. The third kappa shape index (κ3) is 2.37. The van der Waals surface area contributed by atoms with Crippen LogP contribution in [0.3, 0.4) is 0 Å². The highest BCUT2D eigenvalue weighted by Gasteiger charge is 2.19. The summed E-state index contributed by atoms with van der Waals surface area (Å²) in [5, 5.41) is 2.05. The first-order valence-electron chi connectivity index (χ1n) is 9.47. The Kier molecular flexibility index (Phi) is 3.32. The van der Waals surface area contributed by atoms with E-state index < -0.39 is 0 Å². The van der Waals surface area contributed by atoms with Crippen molar-refractivity contribution in [1.82, 2.24) is 19.5 Å². The summed E-state index contributed by atoms with van der Waals surface area (Å²) < 4.78 is 8.38. The lowest BCUT2D eigenvalue weighted by atomic mass is 10.1. The molecular formula is C24H16N4O. The molecule has 2 aromatic carbocycles. The fourth-order valence-electron chi connectivity index (χ4n) is 3.90. The van der Waals surface area contributed by atoms with Crippen molar-refractivity contribution in [1.29, 1.82) is 0 Å². The Bertz CT molecular complexity index is 1510. The van der Waals surface area contributed by atoms with Gasteiger partial charge >= 0.3 is 0 Å². The fraction of sp³-hybridized carbons (Fsp3) is 0.0417. The van der Waals surface area contributed by atoms with Crippen LogP contribution in [-0.2, 0) is 0 Å². The van der Waals surface area contributed by atoms with Crippen LogP contribution in [0.2, 0.25) is 0 Å². The van der Waals surface area contributed by atoms with Crippen molar-refractivity contribution in [2.75, 3.05) is 0 Å². The monoisotopic (exact) mass is 376 g/mol. The van der Waals surface area contributed by atoms with E-state index >= 15 is 0 Å². The van der Waals surface area contributed by atoms with E-state index in [4.69, 9.17) is 9.40 Å². The van der Waals surface area contributed by atoms with Gasteiger partial charge in [-0.3, -0.25) is 9.55 Å². The molecule has 0 saturated heterocycles. The van der Waals surface area contributed by atoms with Gasteiger partial charge in [0.2, 0.25) is 5.71 Å². The second kappa shape index (κ2) is 6.01. The third-order valence-corrected chi connectivity index (χ3v) is 5.22. The van der Waals surface area contributed by atoms with E-state index in [1.807, 2.05) is 49.4 Å². The standard InChI is InChI=1S/C24H16N4O/c1-15-10-11-18-17-8-5-9-19(22(17)29-24(18)26-15)23-27-20-14-25-13-12-21(20)28(23)16-6-3-2-4-7-16/h2-14H,1H3. The van der Waals surface area contributed by atoms with E-state index in [1.165, 1.54) is 0 Å². The van der Waals surface area contributed by atoms with Gasteiger partial charge in [-0.2, -0.15) is 0 Å². The zero-order valence-electron chi connectivity index (χ0n) is 15.7. The van der Waals surface area contributed by atoms with Crippen LogP contribution in [-0.4, -0.2) is 19.5 Å². The topological polar surface area (TPSA) is 56.7 Å². The van der Waals surface area contributed by atoms with Crippen molar-refractivity contribution in [3.8, 4) is 17.1 Å². The number of para-hydroxylation sites is 2. The van der Waals surface area contributed by atoms with Crippen LogP contribution in [0.1, 0.15) is 5.69 Å². The molecule has 0 amide bonds. The molecule has 0 atom stereocenters. The first kappa shape index (κ1) is 16.0. The number of furan rings is 1. The molecule has 5 heteroatoms. The Morgan fingerprint density at radius 2 is 1.72 bits per heavy atom. The van der Waals surface area contributed by atoms with Gasteiger partial charge in [-0.25, -0.2) is 9.97 Å². The van der Waals surface area contributed by atoms with Gasteiger partial charge in [-0.05, 0) is 43.3 Å². The number of aromatic nitrogens is 4. The van der Waals surface area contributed by atoms with Gasteiger partial charge in [0.05, 0.1) is 17.3 Å². The van der Waals surface area contributed by atoms with Gasteiger partial charge in [0, 0.05) is 28.4 Å². The zero-order valence-corrected chi connectivity index (χ0v) is 15.7. The lowest BCUT2D eigenvalue weighted by molar-refractivity contribution is 0.653. The van der Waals surface area contributed by atoms with Crippen molar-refractivity contribution in [3.63, 3.8) is 0 Å².